The smallest absolute Gasteiger partial charge is 0.120 e. The Morgan fingerprint density at radius 3 is 2.50 bits per heavy atom. The molecule has 0 aliphatic rings. The molecule has 0 bridgehead atoms. The maximum atomic E-state index is 5.91. The first kappa shape index (κ1) is 12.8. The minimum atomic E-state index is 0.432. The number of hydrogen-bond donors (Lipinski definition) is 1. The number of hydrogen-bond acceptors (Lipinski definition) is 2. The summed E-state index contributed by atoms with van der Waals surface area (Å²) >= 11 is 5.88. The molecule has 3 heteroatoms. The van der Waals surface area contributed by atoms with E-state index in [-0.39, 0.29) is 0 Å². The van der Waals surface area contributed by atoms with Crippen molar-refractivity contribution in [3.05, 3.63) is 71.2 Å². The first-order valence-electron chi connectivity index (χ1n) is 6.38. The summed E-state index contributed by atoms with van der Waals surface area (Å²) in [5.41, 5.74) is 7.50. The molecule has 0 radical (unpaired) electrons. The van der Waals surface area contributed by atoms with Crippen LogP contribution in [0.2, 0.25) is 5.02 Å². The van der Waals surface area contributed by atoms with Crippen molar-refractivity contribution in [2.45, 2.75) is 6.61 Å². The molecule has 0 aliphatic heterocycles. The van der Waals surface area contributed by atoms with Crippen molar-refractivity contribution >= 4 is 28.1 Å². The van der Waals surface area contributed by atoms with Gasteiger partial charge in [-0.2, -0.15) is 0 Å². The van der Waals surface area contributed by atoms with Crippen LogP contribution in [0.25, 0.3) is 10.8 Å². The third kappa shape index (κ3) is 2.70. The largest absolute Gasteiger partial charge is 0.489 e. The van der Waals surface area contributed by atoms with Crippen LogP contribution in [0.1, 0.15) is 5.56 Å². The normalized spacial score (nSPS) is 10.7. The monoisotopic (exact) mass is 283 g/mol. The topological polar surface area (TPSA) is 35.2 Å². The van der Waals surface area contributed by atoms with E-state index in [0.717, 1.165) is 16.7 Å². The van der Waals surface area contributed by atoms with Crippen LogP contribution in [0.15, 0.2) is 60.7 Å². The number of rotatable bonds is 3. The fourth-order valence-corrected chi connectivity index (χ4v) is 2.30. The zero-order chi connectivity index (χ0) is 13.9. The standard InChI is InChI=1S/C17H14ClNO/c18-15-7-5-14(17(19)10-15)11-20-16-8-6-12-3-1-2-4-13(12)9-16/h1-10H,11,19H2. The van der Waals surface area contributed by atoms with E-state index < -0.39 is 0 Å². The van der Waals surface area contributed by atoms with Crippen molar-refractivity contribution in [3.63, 3.8) is 0 Å². The molecular weight excluding hydrogens is 270 g/mol. The molecule has 0 atom stereocenters. The number of ether oxygens (including phenoxy) is 1. The molecule has 0 amide bonds. The Bertz CT molecular complexity index is 755. The van der Waals surface area contributed by atoms with Gasteiger partial charge < -0.3 is 10.5 Å². The number of nitrogen functional groups attached to an aromatic ring is 1. The van der Waals surface area contributed by atoms with Crippen molar-refractivity contribution in [3.8, 4) is 5.75 Å². The number of halogens is 1. The fourth-order valence-electron chi connectivity index (χ4n) is 2.12. The molecule has 3 aromatic rings. The van der Waals surface area contributed by atoms with Gasteiger partial charge in [0.2, 0.25) is 0 Å². The van der Waals surface area contributed by atoms with Crippen molar-refractivity contribution in [1.82, 2.24) is 0 Å². The van der Waals surface area contributed by atoms with Gasteiger partial charge in [-0.25, -0.2) is 0 Å². The molecule has 0 aliphatic carbocycles. The lowest BCUT2D eigenvalue weighted by Crippen LogP contribution is -2.00. The molecule has 0 unspecified atom stereocenters. The average Bonchev–Trinajstić information content (AvgIpc) is 2.46. The number of benzene rings is 3. The Kier molecular flexibility index (Phi) is 3.48. The van der Waals surface area contributed by atoms with Gasteiger partial charge in [0.25, 0.3) is 0 Å². The van der Waals surface area contributed by atoms with E-state index in [1.54, 1.807) is 6.07 Å². The molecule has 2 nitrogen and oxygen atoms in total. The van der Waals surface area contributed by atoms with Gasteiger partial charge in [-0.3, -0.25) is 0 Å². The highest BCUT2D eigenvalue weighted by molar-refractivity contribution is 6.30. The fraction of sp³-hybridized carbons (Fsp3) is 0.0588. The Morgan fingerprint density at radius 1 is 0.900 bits per heavy atom. The van der Waals surface area contributed by atoms with Gasteiger partial charge in [0.05, 0.1) is 0 Å². The van der Waals surface area contributed by atoms with Crippen molar-refractivity contribution < 1.29 is 4.74 Å². The summed E-state index contributed by atoms with van der Waals surface area (Å²) in [6.07, 6.45) is 0. The summed E-state index contributed by atoms with van der Waals surface area (Å²) in [7, 11) is 0. The SMILES string of the molecule is Nc1cc(Cl)ccc1COc1ccc2ccccc2c1. The predicted octanol–water partition coefficient (Wildman–Crippen LogP) is 4.65. The maximum absolute atomic E-state index is 5.91. The van der Waals surface area contributed by atoms with Gasteiger partial charge in [0, 0.05) is 16.3 Å². The van der Waals surface area contributed by atoms with Crippen molar-refractivity contribution in [2.24, 2.45) is 0 Å². The Labute approximate surface area is 122 Å². The van der Waals surface area contributed by atoms with Crippen LogP contribution in [0, 0.1) is 0 Å². The molecule has 20 heavy (non-hydrogen) atoms. The molecule has 100 valence electrons. The van der Waals surface area contributed by atoms with Gasteiger partial charge >= 0.3 is 0 Å². The zero-order valence-electron chi connectivity index (χ0n) is 10.8. The highest BCUT2D eigenvalue weighted by Gasteiger charge is 2.02. The summed E-state index contributed by atoms with van der Waals surface area (Å²) in [4.78, 5) is 0. The summed E-state index contributed by atoms with van der Waals surface area (Å²) in [5.74, 6) is 0.832. The molecule has 3 aromatic carbocycles. The first-order chi connectivity index (χ1) is 9.72. The van der Waals surface area contributed by atoms with Crippen LogP contribution in [-0.4, -0.2) is 0 Å². The van der Waals surface area contributed by atoms with Gasteiger partial charge in [-0.1, -0.05) is 48.0 Å². The van der Waals surface area contributed by atoms with Crippen LogP contribution < -0.4 is 10.5 Å². The van der Waals surface area contributed by atoms with Crippen LogP contribution in [-0.2, 0) is 6.61 Å². The summed E-state index contributed by atoms with van der Waals surface area (Å²) in [6.45, 7) is 0.432. The lowest BCUT2D eigenvalue weighted by Gasteiger charge is -2.09. The second-order valence-corrected chi connectivity index (χ2v) is 5.08. The molecule has 0 saturated heterocycles. The van der Waals surface area contributed by atoms with E-state index >= 15 is 0 Å². The van der Waals surface area contributed by atoms with Gasteiger partial charge in [0.1, 0.15) is 12.4 Å². The lowest BCUT2D eigenvalue weighted by molar-refractivity contribution is 0.307. The molecule has 0 fully saturated rings. The number of anilines is 1. The van der Waals surface area contributed by atoms with E-state index in [4.69, 9.17) is 22.1 Å². The van der Waals surface area contributed by atoms with Crippen LogP contribution in [0.3, 0.4) is 0 Å². The van der Waals surface area contributed by atoms with Crippen molar-refractivity contribution in [1.29, 1.82) is 0 Å². The quantitative estimate of drug-likeness (QED) is 0.710. The van der Waals surface area contributed by atoms with E-state index in [1.807, 2.05) is 36.4 Å². The van der Waals surface area contributed by atoms with Gasteiger partial charge in [-0.15, -0.1) is 0 Å². The summed E-state index contributed by atoms with van der Waals surface area (Å²) < 4.78 is 5.80. The van der Waals surface area contributed by atoms with Crippen LogP contribution in [0.4, 0.5) is 5.69 Å². The highest BCUT2D eigenvalue weighted by Crippen LogP contribution is 2.23. The summed E-state index contributed by atoms with van der Waals surface area (Å²) in [5, 5.41) is 3.00. The Balaban J connectivity index is 1.79. The minimum Gasteiger partial charge on any atom is -0.489 e. The molecule has 3 rings (SSSR count). The van der Waals surface area contributed by atoms with Crippen LogP contribution >= 0.6 is 11.6 Å². The molecule has 2 N–H and O–H groups in total. The zero-order valence-corrected chi connectivity index (χ0v) is 11.6. The van der Waals surface area contributed by atoms with Gasteiger partial charge in [-0.05, 0) is 35.0 Å². The molecule has 0 aromatic heterocycles. The first-order valence-corrected chi connectivity index (χ1v) is 6.76. The van der Waals surface area contributed by atoms with E-state index in [9.17, 15) is 0 Å². The maximum Gasteiger partial charge on any atom is 0.120 e. The van der Waals surface area contributed by atoms with Gasteiger partial charge in [0.15, 0.2) is 0 Å². The van der Waals surface area contributed by atoms with E-state index in [0.29, 0.717) is 17.3 Å². The van der Waals surface area contributed by atoms with E-state index in [1.165, 1.54) is 5.39 Å². The average molecular weight is 284 g/mol. The third-order valence-electron chi connectivity index (χ3n) is 3.22. The molecule has 0 saturated carbocycles. The summed E-state index contributed by atoms with van der Waals surface area (Å²) in [6, 6.07) is 19.7. The number of nitrogens with two attached hydrogens (primary N) is 1. The highest BCUT2D eigenvalue weighted by atomic mass is 35.5. The van der Waals surface area contributed by atoms with Crippen molar-refractivity contribution in [2.75, 3.05) is 5.73 Å². The second kappa shape index (κ2) is 5.43. The van der Waals surface area contributed by atoms with E-state index in [2.05, 4.69) is 18.2 Å². The lowest BCUT2D eigenvalue weighted by atomic mass is 10.1. The minimum absolute atomic E-state index is 0.432. The number of fused-ring (bicyclic) bond motifs is 1. The molecular formula is C17H14ClNO. The molecule has 0 spiro atoms. The third-order valence-corrected chi connectivity index (χ3v) is 3.46. The van der Waals surface area contributed by atoms with Crippen LogP contribution in [0.5, 0.6) is 5.75 Å². The Hall–Kier alpha value is -2.19. The molecule has 0 heterocycles. The second-order valence-electron chi connectivity index (χ2n) is 4.64. The Morgan fingerprint density at radius 2 is 1.70 bits per heavy atom. The predicted molar refractivity (Wildman–Crippen MR) is 84.1 cm³/mol.